The number of aromatic amines is 2. The van der Waals surface area contributed by atoms with Gasteiger partial charge < -0.3 is 131 Å². The van der Waals surface area contributed by atoms with Crippen LogP contribution in [-0.2, 0) is 101 Å². The highest BCUT2D eigenvalue weighted by atomic mass is 32.2. The molecule has 2 aromatic heterocycles. The number of para-hydroxylation sites is 2. The Kier molecular flexibility index (Phi) is 41.3. The summed E-state index contributed by atoms with van der Waals surface area (Å²) in [5.74, 6) is -17.1. The van der Waals surface area contributed by atoms with E-state index in [0.717, 1.165) is 31.4 Å². The number of phenolic OH excluding ortho intramolecular Hbond substituents is 1. The number of aliphatic hydroxyl groups excluding tert-OH is 1. The number of carbonyl (C=O) groups excluding carboxylic acids is 17. The predicted molar refractivity (Wildman–Crippen MR) is 522 cm³/mol. The summed E-state index contributed by atoms with van der Waals surface area (Å²) >= 11 is 0.762. The number of benzene rings is 4. The highest BCUT2D eigenvalue weighted by Crippen LogP contribution is 2.34. The highest BCUT2D eigenvalue weighted by Gasteiger charge is 2.46. The van der Waals surface area contributed by atoms with Gasteiger partial charge in [-0.2, -0.15) is 0 Å². The molecule has 17 amide bonds. The number of hydrogen-bond donors (Lipinski definition) is 20. The van der Waals surface area contributed by atoms with Crippen LogP contribution in [0.4, 0.5) is 0 Å². The number of ether oxygens (including phenoxy) is 1. The van der Waals surface area contributed by atoms with Crippen LogP contribution in [0.15, 0.2) is 103 Å². The average Bonchev–Trinajstić information content (AvgIpc) is 1.62. The molecule has 9 rings (SSSR count). The van der Waals surface area contributed by atoms with E-state index in [1.165, 1.54) is 57.2 Å². The number of fused-ring (bicyclic) bond motifs is 4. The van der Waals surface area contributed by atoms with E-state index in [0.29, 0.717) is 87.8 Å². The van der Waals surface area contributed by atoms with E-state index >= 15 is 38.4 Å². The number of hydrogen-bond acceptors (Lipinski definition) is 23. The van der Waals surface area contributed by atoms with E-state index in [-0.39, 0.29) is 108 Å². The molecule has 24 N–H and O–H groups in total. The largest absolute Gasteiger partial charge is 0.508 e. The van der Waals surface area contributed by atoms with Crippen LogP contribution in [0.2, 0.25) is 0 Å². The van der Waals surface area contributed by atoms with Gasteiger partial charge in [0.1, 0.15) is 96.1 Å². The maximum Gasteiger partial charge on any atom is 0.246 e. The number of nitrogens with two attached hydrogens (primary N) is 4. The summed E-state index contributed by atoms with van der Waals surface area (Å²) in [7, 11) is 3.94. The Labute approximate surface area is 816 Å². The van der Waals surface area contributed by atoms with Crippen LogP contribution >= 0.6 is 11.8 Å². The lowest BCUT2D eigenvalue weighted by molar-refractivity contribution is -0.149. The van der Waals surface area contributed by atoms with Gasteiger partial charge in [-0.15, -0.1) is 11.8 Å². The van der Waals surface area contributed by atoms with Gasteiger partial charge in [-0.1, -0.05) is 102 Å². The van der Waals surface area contributed by atoms with Crippen LogP contribution < -0.4 is 86.2 Å². The minimum Gasteiger partial charge on any atom is -0.508 e. The van der Waals surface area contributed by atoms with E-state index in [1.807, 2.05) is 32.9 Å². The lowest BCUT2D eigenvalue weighted by atomic mass is 9.96. The van der Waals surface area contributed by atoms with E-state index < -0.39 is 229 Å². The molecule has 14 unspecified atom stereocenters. The van der Waals surface area contributed by atoms with Crippen molar-refractivity contribution in [2.24, 2.45) is 28.9 Å². The molecule has 5 heterocycles. The van der Waals surface area contributed by atoms with Crippen molar-refractivity contribution in [3.05, 3.63) is 120 Å². The second kappa shape index (κ2) is 52.7. The number of unbranched alkanes of at least 4 members (excludes halogenated alkanes) is 2. The third-order valence-corrected chi connectivity index (χ3v) is 26.2. The fourth-order valence-electron chi connectivity index (χ4n) is 17.4. The van der Waals surface area contributed by atoms with Crippen molar-refractivity contribution in [3.8, 4) is 22.8 Å². The first kappa shape index (κ1) is 110. The quantitative estimate of drug-likeness (QED) is 0.0162. The second-order valence-corrected chi connectivity index (χ2v) is 36.9. The van der Waals surface area contributed by atoms with Crippen molar-refractivity contribution in [2.75, 3.05) is 78.6 Å². The van der Waals surface area contributed by atoms with E-state index in [4.69, 9.17) is 33.1 Å². The van der Waals surface area contributed by atoms with Crippen LogP contribution in [0.1, 0.15) is 148 Å². The Balaban J connectivity index is 1.12. The van der Waals surface area contributed by atoms with Crippen LogP contribution in [0.5, 0.6) is 11.5 Å². The predicted octanol–water partition coefficient (Wildman–Crippen LogP) is -0.841. The molecule has 3 aliphatic heterocycles. The van der Waals surface area contributed by atoms with Crippen molar-refractivity contribution in [2.45, 2.75) is 235 Å². The number of thioether (sulfide) groups is 1. The molecule has 3 saturated heterocycles. The first-order valence-corrected chi connectivity index (χ1v) is 48.6. The Morgan fingerprint density at radius 2 is 1.09 bits per heavy atom. The lowest BCUT2D eigenvalue weighted by Gasteiger charge is -2.36. The molecule has 0 aliphatic carbocycles. The molecule has 140 heavy (non-hydrogen) atoms. The molecule has 14 atom stereocenters. The van der Waals surface area contributed by atoms with E-state index in [9.17, 15) is 53.4 Å². The van der Waals surface area contributed by atoms with E-state index in [1.54, 1.807) is 80.7 Å². The molecular weight excluding hydrogens is 1830 g/mol. The zero-order valence-corrected chi connectivity index (χ0v) is 81.4. The van der Waals surface area contributed by atoms with E-state index in [2.05, 4.69) is 68.5 Å². The molecule has 44 heteroatoms. The summed E-state index contributed by atoms with van der Waals surface area (Å²) in [6, 6.07) is 5.45. The number of aromatic nitrogens is 2. The van der Waals surface area contributed by atoms with Gasteiger partial charge in [-0.3, -0.25) is 86.9 Å². The van der Waals surface area contributed by atoms with Crippen LogP contribution in [0.25, 0.3) is 33.1 Å². The molecule has 6 aromatic rings. The molecular formula is C96H135N23O20S. The topological polar surface area (TPSA) is 648 Å². The number of carbonyl (C=O) groups is 17. The summed E-state index contributed by atoms with van der Waals surface area (Å²) in [6.07, 6.45) is 1.79. The Hall–Kier alpha value is -13.9. The SMILES string of the molecule is CCCCC1C(=O)N(C)C(CCCC)C(=O)NC(CCCNC(=N)N)C(=O)NC(C(=O)NCC(N)=O)CSCC(=O)NC(Cc2ccc(O)cc2)C(=O)N(C)C(C)C(=O)NC(CC(N)=O)C(=O)N2CCCC2C(=O)NC(CN)C(=O)NC(CC(C)C)C(=O)N2CCCC2C(=O)NC(Cc2c[nH]c3ccccc23)C(=O)NC(CO)C(=O)NC(Cc2c(-c3ccc(OCC)cc3)[nH]c3ccccc23)C(=O)N1C. The average molecular weight is 1960 g/mol. The molecule has 4 aromatic carbocycles. The molecule has 0 spiro atoms. The smallest absolute Gasteiger partial charge is 0.246 e. The van der Waals surface area contributed by atoms with Crippen LogP contribution in [0, 0.1) is 11.3 Å². The van der Waals surface area contributed by atoms with Gasteiger partial charge in [0.25, 0.3) is 0 Å². The number of nitrogens with zero attached hydrogens (tertiary/aromatic N) is 5. The van der Waals surface area contributed by atoms with Gasteiger partial charge in [0.2, 0.25) is 100 Å². The maximum atomic E-state index is 16.3. The van der Waals surface area contributed by atoms with Gasteiger partial charge in [-0.05, 0) is 148 Å². The number of guanidine groups is 1. The molecule has 3 fully saturated rings. The number of rotatable bonds is 28. The maximum absolute atomic E-state index is 16.3. The first-order valence-electron chi connectivity index (χ1n) is 47.4. The summed E-state index contributed by atoms with van der Waals surface area (Å²) < 4.78 is 5.80. The molecule has 0 saturated carbocycles. The first-order chi connectivity index (χ1) is 66.8. The Morgan fingerprint density at radius 1 is 0.543 bits per heavy atom. The van der Waals surface area contributed by atoms with Gasteiger partial charge in [0.15, 0.2) is 5.96 Å². The minimum atomic E-state index is -1.90. The Morgan fingerprint density at radius 3 is 1.69 bits per heavy atom. The third kappa shape index (κ3) is 30.1. The monoisotopic (exact) mass is 1960 g/mol. The summed E-state index contributed by atoms with van der Waals surface area (Å²) in [6.45, 7) is 8.20. The number of likely N-dealkylation sites (N-methyl/N-ethyl adjacent to an activating group) is 3. The zero-order chi connectivity index (χ0) is 102. The van der Waals surface area contributed by atoms with Crippen molar-refractivity contribution >= 4 is 140 Å². The fourth-order valence-corrected chi connectivity index (χ4v) is 18.3. The second-order valence-electron chi connectivity index (χ2n) is 35.8. The van der Waals surface area contributed by atoms with Crippen LogP contribution in [-0.4, -0.2) is 314 Å². The zero-order valence-electron chi connectivity index (χ0n) is 80.6. The number of nitrogens with one attached hydrogen (secondary N) is 14. The standard InChI is InChI=1S/C96H135N23O20S/c1-10-13-27-74-88(131)107-65(26-19-39-102-96(100)101)84(127)114-73(83(126)104-49-79(99)123)51-140-52-80(124)105-68(43-55-31-35-58(121)36-32-55)91(134)115(7)54(6)82(125)109-70(46-78(98)122)94(137)119-41-21-30-76(119)90(133)112-71(47-97)86(129)110-67(42-53(4)5)93(136)118-40-20-29-75(118)89(132)108-66(44-57-48-103-63-24-17-15-22-60(57)63)85(128)113-72(50-120)87(130)111-69(92(135)117(9)77(28-14-11-2)95(138)116(74)8)45-62-61-23-16-18-25-64(61)106-81(62)56-33-37-59(38-34-56)139-12-3/h15-18,22-25,31-38,48,53-54,65-77,103,106,120-121H,10-14,19-21,26-30,39-47,49-52,97H2,1-9H3,(H2,98,122)(H2,99,123)(H,104,126)(H,105,124)(H,107,131)(H,108,132)(H,109,125)(H,110,129)(H,111,130)(H,112,133)(H,113,128)(H,114,127)(H4,100,101,102). The number of aromatic hydroxyl groups is 1. The third-order valence-electron chi connectivity index (χ3n) is 25.1. The minimum absolute atomic E-state index is 0.000288. The number of primary amides is 2. The molecule has 760 valence electrons. The number of amides is 17. The van der Waals surface area contributed by atoms with Gasteiger partial charge in [-0.25, -0.2) is 0 Å². The normalized spacial score (nSPS) is 23.7. The molecule has 0 radical (unpaired) electrons. The molecule has 0 bridgehead atoms. The van der Waals surface area contributed by atoms with Crippen LogP contribution in [0.3, 0.4) is 0 Å². The fraction of sp³-hybridized carbons (Fsp3) is 0.521. The van der Waals surface area contributed by atoms with Gasteiger partial charge in [0.05, 0.1) is 31.9 Å². The molecule has 43 nitrogen and oxygen atoms in total. The van der Waals surface area contributed by atoms with Crippen molar-refractivity contribution < 1.29 is 96.5 Å². The van der Waals surface area contributed by atoms with Crippen molar-refractivity contribution in [1.82, 2.24) is 93.0 Å². The van der Waals surface area contributed by atoms with Gasteiger partial charge >= 0.3 is 0 Å². The molecule has 3 aliphatic rings. The van der Waals surface area contributed by atoms with Crippen molar-refractivity contribution in [3.63, 3.8) is 0 Å². The van der Waals surface area contributed by atoms with Gasteiger partial charge in [0, 0.05) is 106 Å². The Bertz CT molecular complexity index is 5410. The summed E-state index contributed by atoms with van der Waals surface area (Å²) in [5.41, 5.74) is 26.9. The number of aliphatic hydroxyl groups is 1. The lowest BCUT2D eigenvalue weighted by Crippen LogP contribution is -2.62. The van der Waals surface area contributed by atoms with Crippen molar-refractivity contribution in [1.29, 1.82) is 5.41 Å². The number of H-pyrrole nitrogens is 2. The summed E-state index contributed by atoms with van der Waals surface area (Å²) in [4.78, 5) is 263. The highest BCUT2D eigenvalue weighted by molar-refractivity contribution is 8.00. The summed E-state index contributed by atoms with van der Waals surface area (Å²) in [5, 5.41) is 60.0. The number of phenols is 1.